The van der Waals surface area contributed by atoms with Crippen LogP contribution in [0.5, 0.6) is 23.0 Å². The summed E-state index contributed by atoms with van der Waals surface area (Å²) in [6.45, 7) is 0. The number of hydrogen-bond acceptors (Lipinski definition) is 10. The quantitative estimate of drug-likeness (QED) is 0.372. The van der Waals surface area contributed by atoms with Crippen molar-refractivity contribution in [2.45, 2.75) is 43.2 Å². The van der Waals surface area contributed by atoms with Gasteiger partial charge in [-0.05, 0) is 17.7 Å². The topological polar surface area (TPSA) is 183 Å². The van der Waals surface area contributed by atoms with Crippen LogP contribution in [0.15, 0.2) is 36.4 Å². The molecule has 0 spiro atoms. The van der Waals surface area contributed by atoms with Crippen LogP contribution < -0.4 is 9.47 Å². The molecule has 0 aromatic heterocycles. The van der Waals surface area contributed by atoms with E-state index in [2.05, 4.69) is 0 Å². The molecule has 0 radical (unpaired) electrons. The van der Waals surface area contributed by atoms with Gasteiger partial charge in [0.25, 0.3) is 0 Å². The molecule has 1 unspecified atom stereocenters. The Balaban J connectivity index is 1.49. The summed E-state index contributed by atoms with van der Waals surface area (Å²) >= 11 is 0. The monoisotopic (exact) mass is 448 g/mol. The molecule has 2 aromatic carbocycles. The summed E-state index contributed by atoms with van der Waals surface area (Å²) in [7, 11) is 0. The number of phenolic OH excluding ortho intramolecular Hbond substituents is 2. The zero-order valence-electron chi connectivity index (χ0n) is 16.4. The normalized spacial score (nSPS) is 29.7. The van der Waals surface area contributed by atoms with Crippen molar-refractivity contribution in [3.8, 4) is 23.0 Å². The highest BCUT2D eigenvalue weighted by molar-refractivity contribution is 6.02. The van der Waals surface area contributed by atoms with Gasteiger partial charge in [0.2, 0.25) is 6.29 Å². The number of ether oxygens (including phenoxy) is 3. The number of phenols is 2. The molecule has 0 amide bonds. The van der Waals surface area contributed by atoms with Crippen LogP contribution in [0.25, 0.3) is 0 Å². The fraction of sp³-hybridized carbons (Fsp3) is 0.333. The summed E-state index contributed by atoms with van der Waals surface area (Å²) < 4.78 is 16.3. The second kappa shape index (κ2) is 8.28. The lowest BCUT2D eigenvalue weighted by Gasteiger charge is -2.38. The van der Waals surface area contributed by atoms with Gasteiger partial charge in [-0.3, -0.25) is 4.79 Å². The molecule has 11 nitrogen and oxygen atoms in total. The molecule has 2 aliphatic heterocycles. The summed E-state index contributed by atoms with van der Waals surface area (Å²) in [5.74, 6) is -2.30. The van der Waals surface area contributed by atoms with Crippen LogP contribution in [0, 0.1) is 0 Å². The second-order valence-corrected chi connectivity index (χ2v) is 7.49. The number of aliphatic hydroxyl groups is 3. The first-order valence-corrected chi connectivity index (χ1v) is 9.60. The predicted octanol–water partition coefficient (Wildman–Crippen LogP) is 0.0753. The summed E-state index contributed by atoms with van der Waals surface area (Å²) in [4.78, 5) is 23.6. The molecule has 0 saturated carbocycles. The number of carboxylic acid groups (broad SMARTS) is 1. The second-order valence-electron chi connectivity index (χ2n) is 7.49. The minimum atomic E-state index is -1.83. The van der Waals surface area contributed by atoms with Crippen LogP contribution in [0.2, 0.25) is 0 Å². The van der Waals surface area contributed by atoms with E-state index in [-0.39, 0.29) is 40.8 Å². The van der Waals surface area contributed by atoms with E-state index in [9.17, 15) is 35.1 Å². The molecule has 0 aliphatic carbocycles. The molecule has 2 heterocycles. The summed E-state index contributed by atoms with van der Waals surface area (Å²) in [6, 6.07) is 8.34. The maximum absolute atomic E-state index is 12.4. The summed E-state index contributed by atoms with van der Waals surface area (Å²) in [5, 5.41) is 58.3. The number of aliphatic hydroxyl groups excluding tert-OH is 3. The van der Waals surface area contributed by atoms with Gasteiger partial charge in [0.1, 0.15) is 53.0 Å². The smallest absolute Gasteiger partial charge is 0.335 e. The summed E-state index contributed by atoms with van der Waals surface area (Å²) in [6.07, 6.45) is -9.40. The molecule has 170 valence electrons. The Labute approximate surface area is 180 Å². The first kappa shape index (κ1) is 21.8. The third-order valence-electron chi connectivity index (χ3n) is 5.30. The molecule has 0 bridgehead atoms. The van der Waals surface area contributed by atoms with Crippen LogP contribution in [0.1, 0.15) is 28.4 Å². The lowest BCUT2D eigenvalue weighted by Crippen LogP contribution is -2.61. The van der Waals surface area contributed by atoms with Gasteiger partial charge in [-0.15, -0.1) is 0 Å². The average Bonchev–Trinajstić information content (AvgIpc) is 2.73. The fourth-order valence-electron chi connectivity index (χ4n) is 3.66. The number of carboxylic acids is 1. The number of benzene rings is 2. The van der Waals surface area contributed by atoms with Crippen molar-refractivity contribution >= 4 is 11.8 Å². The van der Waals surface area contributed by atoms with Gasteiger partial charge in [-0.25, -0.2) is 4.79 Å². The van der Waals surface area contributed by atoms with E-state index >= 15 is 0 Å². The highest BCUT2D eigenvalue weighted by Gasteiger charge is 2.48. The molecule has 2 aliphatic rings. The van der Waals surface area contributed by atoms with E-state index < -0.39 is 42.8 Å². The number of Topliss-reactive ketones (excluding diaryl/α,β-unsaturated/α-hetero) is 1. The lowest BCUT2D eigenvalue weighted by atomic mass is 9.95. The van der Waals surface area contributed by atoms with E-state index in [1.807, 2.05) is 0 Å². The Morgan fingerprint density at radius 1 is 1.00 bits per heavy atom. The Hall–Kier alpha value is -3.38. The number of fused-ring (bicyclic) bond motifs is 1. The molecule has 11 heteroatoms. The zero-order chi connectivity index (χ0) is 23.2. The fourth-order valence-corrected chi connectivity index (χ4v) is 3.66. The number of hydrogen-bond donors (Lipinski definition) is 6. The average molecular weight is 448 g/mol. The minimum Gasteiger partial charge on any atom is -0.508 e. The zero-order valence-corrected chi connectivity index (χ0v) is 16.4. The van der Waals surface area contributed by atoms with E-state index in [4.69, 9.17) is 19.3 Å². The van der Waals surface area contributed by atoms with Gasteiger partial charge in [0, 0.05) is 12.1 Å². The molecule has 6 atom stereocenters. The van der Waals surface area contributed by atoms with E-state index in [0.717, 1.165) is 6.07 Å². The van der Waals surface area contributed by atoms with Gasteiger partial charge in [-0.2, -0.15) is 0 Å². The Bertz CT molecular complexity index is 1030. The molecule has 1 fully saturated rings. The van der Waals surface area contributed by atoms with Gasteiger partial charge in [-0.1, -0.05) is 12.1 Å². The molecule has 4 rings (SSSR count). The van der Waals surface area contributed by atoms with Crippen LogP contribution in [0.3, 0.4) is 0 Å². The van der Waals surface area contributed by atoms with E-state index in [1.54, 1.807) is 12.1 Å². The van der Waals surface area contributed by atoms with E-state index in [0.29, 0.717) is 5.56 Å². The largest absolute Gasteiger partial charge is 0.508 e. The van der Waals surface area contributed by atoms with Crippen LogP contribution >= 0.6 is 0 Å². The first-order chi connectivity index (χ1) is 15.2. The van der Waals surface area contributed by atoms with Gasteiger partial charge < -0.3 is 44.8 Å². The van der Waals surface area contributed by atoms with Crippen molar-refractivity contribution in [2.75, 3.05) is 0 Å². The third-order valence-corrected chi connectivity index (χ3v) is 5.30. The predicted molar refractivity (Wildman–Crippen MR) is 103 cm³/mol. The van der Waals surface area contributed by atoms with Gasteiger partial charge in [0.15, 0.2) is 11.9 Å². The minimum absolute atomic E-state index is 0.00355. The first-order valence-electron chi connectivity index (χ1n) is 9.60. The Morgan fingerprint density at radius 3 is 2.34 bits per heavy atom. The van der Waals surface area contributed by atoms with Crippen molar-refractivity contribution in [3.05, 3.63) is 47.5 Å². The summed E-state index contributed by atoms with van der Waals surface area (Å²) in [5.41, 5.74) is 0.569. The Kier molecular flexibility index (Phi) is 5.65. The van der Waals surface area contributed by atoms with Gasteiger partial charge >= 0.3 is 5.97 Å². The maximum Gasteiger partial charge on any atom is 0.335 e. The van der Waals surface area contributed by atoms with Crippen molar-refractivity contribution in [1.29, 1.82) is 0 Å². The number of aromatic hydroxyl groups is 2. The number of aliphatic carboxylic acids is 1. The van der Waals surface area contributed by atoms with Crippen molar-refractivity contribution in [2.24, 2.45) is 0 Å². The number of carbonyl (C=O) groups is 2. The number of ketones is 1. The Morgan fingerprint density at radius 2 is 1.69 bits per heavy atom. The SMILES string of the molecule is O=C1C[C@@H](c2ccc(OC3O[C@H](C(=O)O)[C@@H](O)[C@H](O)[C@H]3O)cc2)Oc2cc(O)cc(O)c21. The molecule has 1 saturated heterocycles. The lowest BCUT2D eigenvalue weighted by molar-refractivity contribution is -0.271. The van der Waals surface area contributed by atoms with Crippen molar-refractivity contribution in [3.63, 3.8) is 0 Å². The highest BCUT2D eigenvalue weighted by Crippen LogP contribution is 2.41. The van der Waals surface area contributed by atoms with Gasteiger partial charge in [0.05, 0.1) is 6.42 Å². The molecular weight excluding hydrogens is 428 g/mol. The number of rotatable bonds is 4. The number of carbonyl (C=O) groups excluding carboxylic acids is 1. The van der Waals surface area contributed by atoms with Crippen molar-refractivity contribution in [1.82, 2.24) is 0 Å². The molecule has 2 aromatic rings. The van der Waals surface area contributed by atoms with Crippen LogP contribution in [-0.4, -0.2) is 73.1 Å². The van der Waals surface area contributed by atoms with Crippen molar-refractivity contribution < 1.29 is 54.4 Å². The highest BCUT2D eigenvalue weighted by atomic mass is 16.7. The third kappa shape index (κ3) is 3.94. The standard InChI is InChI=1S/C21H20O11/c22-9-5-11(23)15-12(24)7-13(31-14(15)6-9)8-1-3-10(4-2-8)30-21-18(27)16(25)17(26)19(32-21)20(28)29/h1-6,13,16-19,21-23,25-27H,7H2,(H,28,29)/t13-,16-,17-,18+,19-,21?/m0/s1. The molecule has 32 heavy (non-hydrogen) atoms. The molecule has 6 N–H and O–H groups in total. The van der Waals surface area contributed by atoms with Crippen LogP contribution in [0.4, 0.5) is 0 Å². The molecular formula is C21H20O11. The maximum atomic E-state index is 12.4. The van der Waals surface area contributed by atoms with E-state index in [1.165, 1.54) is 18.2 Å². The van der Waals surface area contributed by atoms with Crippen LogP contribution in [-0.2, 0) is 9.53 Å².